The first-order chi connectivity index (χ1) is 6.97. The fourth-order valence-electron chi connectivity index (χ4n) is 1.19. The third-order valence-corrected chi connectivity index (χ3v) is 1.92. The maximum absolute atomic E-state index is 11.3. The fraction of sp³-hybridized carbons (Fsp3) is 0.636. The smallest absolute Gasteiger partial charge is 0.326 e. The molecule has 15 heavy (non-hydrogen) atoms. The Morgan fingerprint density at radius 2 is 2.07 bits per heavy atom. The summed E-state index contributed by atoms with van der Waals surface area (Å²) >= 11 is 0. The van der Waals surface area contributed by atoms with Crippen molar-refractivity contribution in [2.24, 2.45) is 5.92 Å². The number of hydrogen-bond acceptors (Lipinski definition) is 2. The van der Waals surface area contributed by atoms with E-state index in [1.165, 1.54) is 0 Å². The second kappa shape index (κ2) is 7.04. The van der Waals surface area contributed by atoms with Crippen LogP contribution >= 0.6 is 0 Å². The van der Waals surface area contributed by atoms with Gasteiger partial charge in [0.25, 0.3) is 0 Å². The van der Waals surface area contributed by atoms with E-state index < -0.39 is 12.0 Å². The van der Waals surface area contributed by atoms with Crippen molar-refractivity contribution in [3.8, 4) is 0 Å². The topological polar surface area (TPSA) is 66.4 Å². The molecule has 1 amide bonds. The van der Waals surface area contributed by atoms with Gasteiger partial charge in [0.2, 0.25) is 5.91 Å². The summed E-state index contributed by atoms with van der Waals surface area (Å²) in [4.78, 5) is 22.1. The van der Waals surface area contributed by atoms with E-state index in [2.05, 4.69) is 11.9 Å². The molecular weight excluding hydrogens is 194 g/mol. The highest BCUT2D eigenvalue weighted by atomic mass is 16.4. The minimum absolute atomic E-state index is 0.233. The van der Waals surface area contributed by atoms with Gasteiger partial charge >= 0.3 is 5.97 Å². The molecule has 0 spiro atoms. The first-order valence-corrected chi connectivity index (χ1v) is 5.10. The van der Waals surface area contributed by atoms with Crippen molar-refractivity contribution in [1.82, 2.24) is 5.32 Å². The van der Waals surface area contributed by atoms with Crippen molar-refractivity contribution in [3.05, 3.63) is 12.7 Å². The zero-order chi connectivity index (χ0) is 11.8. The summed E-state index contributed by atoms with van der Waals surface area (Å²) in [7, 11) is 0. The number of rotatable bonds is 7. The van der Waals surface area contributed by atoms with Crippen molar-refractivity contribution >= 4 is 11.9 Å². The van der Waals surface area contributed by atoms with E-state index in [4.69, 9.17) is 5.11 Å². The molecule has 0 saturated carbocycles. The summed E-state index contributed by atoms with van der Waals surface area (Å²) < 4.78 is 0. The molecule has 0 aliphatic rings. The highest BCUT2D eigenvalue weighted by Gasteiger charge is 2.20. The molecule has 0 saturated heterocycles. The lowest BCUT2D eigenvalue weighted by atomic mass is 10.0. The molecule has 0 aromatic rings. The SMILES string of the molecule is C=CCCC(=O)N[C@H](CC(C)C)C(=O)O. The number of carboxylic acid groups (broad SMARTS) is 1. The summed E-state index contributed by atoms with van der Waals surface area (Å²) in [5, 5.41) is 11.4. The summed E-state index contributed by atoms with van der Waals surface area (Å²) in [6, 6.07) is -0.776. The van der Waals surface area contributed by atoms with Crippen molar-refractivity contribution < 1.29 is 14.7 Å². The van der Waals surface area contributed by atoms with Crippen molar-refractivity contribution in [2.45, 2.75) is 39.2 Å². The molecule has 4 nitrogen and oxygen atoms in total. The molecule has 4 heteroatoms. The number of carbonyl (C=O) groups is 2. The summed E-state index contributed by atoms with van der Waals surface area (Å²) in [6.45, 7) is 7.34. The Hall–Kier alpha value is -1.32. The van der Waals surface area contributed by atoms with E-state index >= 15 is 0 Å². The molecule has 0 aromatic carbocycles. The second-order valence-corrected chi connectivity index (χ2v) is 3.92. The molecule has 0 bridgehead atoms. The number of amides is 1. The Bertz CT molecular complexity index is 236. The Balaban J connectivity index is 4.10. The molecule has 0 rings (SSSR count). The van der Waals surface area contributed by atoms with Gasteiger partial charge in [0.1, 0.15) is 6.04 Å². The fourth-order valence-corrected chi connectivity index (χ4v) is 1.19. The third-order valence-electron chi connectivity index (χ3n) is 1.92. The number of hydrogen-bond donors (Lipinski definition) is 2. The van der Waals surface area contributed by atoms with Gasteiger partial charge in [0, 0.05) is 6.42 Å². The second-order valence-electron chi connectivity index (χ2n) is 3.92. The largest absolute Gasteiger partial charge is 0.480 e. The Morgan fingerprint density at radius 1 is 1.47 bits per heavy atom. The first-order valence-electron chi connectivity index (χ1n) is 5.10. The number of allylic oxidation sites excluding steroid dienone is 1. The molecule has 0 radical (unpaired) electrons. The lowest BCUT2D eigenvalue weighted by molar-refractivity contribution is -0.142. The first kappa shape index (κ1) is 13.7. The van der Waals surface area contributed by atoms with Crippen LogP contribution in [0.1, 0.15) is 33.1 Å². The zero-order valence-corrected chi connectivity index (χ0v) is 9.32. The maximum Gasteiger partial charge on any atom is 0.326 e. The lowest BCUT2D eigenvalue weighted by Crippen LogP contribution is -2.41. The molecular formula is C11H19NO3. The zero-order valence-electron chi connectivity index (χ0n) is 9.32. The highest BCUT2D eigenvalue weighted by Crippen LogP contribution is 2.05. The Labute approximate surface area is 90.4 Å². The van der Waals surface area contributed by atoms with Gasteiger partial charge in [-0.25, -0.2) is 4.79 Å². The Morgan fingerprint density at radius 3 is 2.47 bits per heavy atom. The van der Waals surface area contributed by atoms with Crippen molar-refractivity contribution in [2.75, 3.05) is 0 Å². The van der Waals surface area contributed by atoms with Gasteiger partial charge in [-0.2, -0.15) is 0 Å². The molecule has 2 N–H and O–H groups in total. The van der Waals surface area contributed by atoms with Gasteiger partial charge in [0.05, 0.1) is 0 Å². The molecule has 0 aliphatic heterocycles. The van der Waals surface area contributed by atoms with Crippen LogP contribution in [0.5, 0.6) is 0 Å². The van der Waals surface area contributed by atoms with E-state index in [-0.39, 0.29) is 11.8 Å². The van der Waals surface area contributed by atoms with E-state index in [1.54, 1.807) is 6.08 Å². The lowest BCUT2D eigenvalue weighted by Gasteiger charge is -2.16. The summed E-state index contributed by atoms with van der Waals surface area (Å²) in [5.41, 5.74) is 0. The molecule has 1 atom stereocenters. The number of aliphatic carboxylic acids is 1. The van der Waals surface area contributed by atoms with E-state index in [0.29, 0.717) is 19.3 Å². The van der Waals surface area contributed by atoms with Crippen LogP contribution in [0.3, 0.4) is 0 Å². The molecule has 86 valence electrons. The van der Waals surface area contributed by atoms with Crippen LogP contribution in [-0.2, 0) is 9.59 Å². The molecule has 0 fully saturated rings. The quantitative estimate of drug-likeness (QED) is 0.631. The summed E-state index contributed by atoms with van der Waals surface area (Å²) in [5.74, 6) is -0.968. The van der Waals surface area contributed by atoms with Crippen LogP contribution in [0.25, 0.3) is 0 Å². The standard InChI is InChI=1S/C11H19NO3/c1-4-5-6-10(13)12-9(11(14)15)7-8(2)3/h4,8-9H,1,5-7H2,2-3H3,(H,12,13)(H,14,15)/t9-/m1/s1. The highest BCUT2D eigenvalue weighted by molar-refractivity contribution is 5.83. The van der Waals surface area contributed by atoms with Gasteiger partial charge in [-0.3, -0.25) is 4.79 Å². The molecule has 0 heterocycles. The molecule has 0 aromatic heterocycles. The van der Waals surface area contributed by atoms with Crippen LogP contribution in [-0.4, -0.2) is 23.0 Å². The predicted molar refractivity (Wildman–Crippen MR) is 58.5 cm³/mol. The predicted octanol–water partition coefficient (Wildman–Crippen LogP) is 1.57. The normalized spacial score (nSPS) is 12.2. The minimum atomic E-state index is -0.976. The van der Waals surface area contributed by atoms with Gasteiger partial charge in [-0.05, 0) is 18.8 Å². The van der Waals surface area contributed by atoms with Crippen LogP contribution in [0, 0.1) is 5.92 Å². The van der Waals surface area contributed by atoms with Crippen LogP contribution < -0.4 is 5.32 Å². The van der Waals surface area contributed by atoms with Gasteiger partial charge in [0.15, 0.2) is 0 Å². The number of carboxylic acids is 1. The molecule has 0 unspecified atom stereocenters. The van der Waals surface area contributed by atoms with Crippen LogP contribution in [0.2, 0.25) is 0 Å². The van der Waals surface area contributed by atoms with Gasteiger partial charge in [-0.1, -0.05) is 19.9 Å². The van der Waals surface area contributed by atoms with Crippen molar-refractivity contribution in [3.63, 3.8) is 0 Å². The number of carbonyl (C=O) groups excluding carboxylic acids is 1. The van der Waals surface area contributed by atoms with Crippen molar-refractivity contribution in [1.29, 1.82) is 0 Å². The minimum Gasteiger partial charge on any atom is -0.480 e. The third kappa shape index (κ3) is 6.71. The van der Waals surface area contributed by atoms with Crippen LogP contribution in [0.4, 0.5) is 0 Å². The van der Waals surface area contributed by atoms with E-state index in [0.717, 1.165) is 0 Å². The number of nitrogens with one attached hydrogen (secondary N) is 1. The van der Waals surface area contributed by atoms with E-state index in [9.17, 15) is 9.59 Å². The van der Waals surface area contributed by atoms with Gasteiger partial charge in [-0.15, -0.1) is 6.58 Å². The van der Waals surface area contributed by atoms with Gasteiger partial charge < -0.3 is 10.4 Å². The summed E-state index contributed by atoms with van der Waals surface area (Å²) in [6.07, 6.45) is 2.96. The van der Waals surface area contributed by atoms with Crippen LogP contribution in [0.15, 0.2) is 12.7 Å². The maximum atomic E-state index is 11.3. The Kier molecular flexibility index (Phi) is 6.42. The molecule has 0 aliphatic carbocycles. The van der Waals surface area contributed by atoms with E-state index in [1.807, 2.05) is 13.8 Å². The average molecular weight is 213 g/mol. The average Bonchev–Trinajstić information content (AvgIpc) is 2.12. The monoisotopic (exact) mass is 213 g/mol.